The number of pyridine rings is 1. The lowest BCUT2D eigenvalue weighted by Gasteiger charge is -2.38. The standard InChI is InChI=1S/C19H20FN3O2/c1-12-6-5-9-16(21-12)22-19(25)14-10-11-17(24)23(2)18(14)13-7-3-4-8-15(13)20/h3-9,14,18H,10-11H2,1-2H3,(H,21,22,25)/t14-,18-/m0/s1. The van der Waals surface area contributed by atoms with E-state index in [1.165, 1.54) is 11.0 Å². The van der Waals surface area contributed by atoms with E-state index in [1.54, 1.807) is 31.3 Å². The number of halogens is 1. The predicted octanol–water partition coefficient (Wildman–Crippen LogP) is 3.08. The van der Waals surface area contributed by atoms with Crippen LogP contribution in [-0.4, -0.2) is 28.7 Å². The van der Waals surface area contributed by atoms with E-state index >= 15 is 0 Å². The quantitative estimate of drug-likeness (QED) is 0.933. The Labute approximate surface area is 145 Å². The number of nitrogens with zero attached hydrogens (tertiary/aromatic N) is 2. The van der Waals surface area contributed by atoms with Crippen molar-refractivity contribution in [3.05, 3.63) is 59.5 Å². The van der Waals surface area contributed by atoms with E-state index in [-0.39, 0.29) is 18.2 Å². The number of rotatable bonds is 3. The van der Waals surface area contributed by atoms with E-state index in [4.69, 9.17) is 0 Å². The number of piperidine rings is 1. The molecule has 0 spiro atoms. The van der Waals surface area contributed by atoms with E-state index < -0.39 is 17.8 Å². The third-order valence-electron chi connectivity index (χ3n) is 4.56. The van der Waals surface area contributed by atoms with Crippen molar-refractivity contribution in [2.75, 3.05) is 12.4 Å². The summed E-state index contributed by atoms with van der Waals surface area (Å²) in [5.41, 5.74) is 1.15. The van der Waals surface area contributed by atoms with Crippen LogP contribution in [0.3, 0.4) is 0 Å². The van der Waals surface area contributed by atoms with Gasteiger partial charge in [-0.15, -0.1) is 0 Å². The van der Waals surface area contributed by atoms with Gasteiger partial charge in [-0.1, -0.05) is 24.3 Å². The first-order chi connectivity index (χ1) is 12.0. The largest absolute Gasteiger partial charge is 0.338 e. The molecule has 1 aliphatic rings. The molecule has 6 heteroatoms. The van der Waals surface area contributed by atoms with E-state index in [1.807, 2.05) is 19.1 Å². The monoisotopic (exact) mass is 341 g/mol. The molecule has 2 amide bonds. The van der Waals surface area contributed by atoms with Crippen LogP contribution < -0.4 is 5.32 Å². The number of aromatic nitrogens is 1. The van der Waals surface area contributed by atoms with Gasteiger partial charge in [0, 0.05) is 24.7 Å². The van der Waals surface area contributed by atoms with Crippen LogP contribution in [0.15, 0.2) is 42.5 Å². The Balaban J connectivity index is 1.90. The van der Waals surface area contributed by atoms with E-state index in [9.17, 15) is 14.0 Å². The molecule has 2 atom stereocenters. The highest BCUT2D eigenvalue weighted by molar-refractivity contribution is 5.94. The summed E-state index contributed by atoms with van der Waals surface area (Å²) in [5, 5.41) is 2.80. The molecule has 2 heterocycles. The number of hydrogen-bond donors (Lipinski definition) is 1. The van der Waals surface area contributed by atoms with Gasteiger partial charge in [-0.3, -0.25) is 9.59 Å². The molecule has 1 aliphatic heterocycles. The van der Waals surface area contributed by atoms with E-state index in [0.29, 0.717) is 17.8 Å². The number of carbonyl (C=O) groups excluding carboxylic acids is 2. The maximum Gasteiger partial charge on any atom is 0.231 e. The van der Waals surface area contributed by atoms with Crippen molar-refractivity contribution in [3.63, 3.8) is 0 Å². The van der Waals surface area contributed by atoms with Gasteiger partial charge in [0.1, 0.15) is 11.6 Å². The van der Waals surface area contributed by atoms with Crippen LogP contribution >= 0.6 is 0 Å². The summed E-state index contributed by atoms with van der Waals surface area (Å²) in [4.78, 5) is 30.7. The Hall–Kier alpha value is -2.76. The fourth-order valence-electron chi connectivity index (χ4n) is 3.28. The van der Waals surface area contributed by atoms with Crippen LogP contribution in [0.5, 0.6) is 0 Å². The molecule has 1 saturated heterocycles. The number of carbonyl (C=O) groups is 2. The number of amides is 2. The lowest BCUT2D eigenvalue weighted by Crippen LogP contribution is -2.45. The van der Waals surface area contributed by atoms with E-state index in [0.717, 1.165) is 5.69 Å². The Bertz CT molecular complexity index is 809. The molecule has 130 valence electrons. The van der Waals surface area contributed by atoms with Crippen molar-refractivity contribution in [3.8, 4) is 0 Å². The molecular formula is C19H20FN3O2. The second-order valence-electron chi connectivity index (χ2n) is 6.27. The topological polar surface area (TPSA) is 62.3 Å². The number of hydrogen-bond acceptors (Lipinski definition) is 3. The third kappa shape index (κ3) is 3.52. The average molecular weight is 341 g/mol. The van der Waals surface area contributed by atoms with Crippen LogP contribution in [0.4, 0.5) is 10.2 Å². The highest BCUT2D eigenvalue weighted by Crippen LogP contribution is 2.37. The summed E-state index contributed by atoms with van der Waals surface area (Å²) in [5.74, 6) is -0.851. The lowest BCUT2D eigenvalue weighted by molar-refractivity contribution is -0.140. The highest BCUT2D eigenvalue weighted by Gasteiger charge is 2.40. The van der Waals surface area contributed by atoms with Gasteiger partial charge in [-0.2, -0.15) is 0 Å². The highest BCUT2D eigenvalue weighted by atomic mass is 19.1. The molecular weight excluding hydrogens is 321 g/mol. The van der Waals surface area contributed by atoms with Crippen molar-refractivity contribution < 1.29 is 14.0 Å². The van der Waals surface area contributed by atoms with Gasteiger partial charge in [0.2, 0.25) is 11.8 Å². The second kappa shape index (κ2) is 7.01. The summed E-state index contributed by atoms with van der Waals surface area (Å²) in [7, 11) is 1.61. The van der Waals surface area contributed by atoms with Crippen molar-refractivity contribution in [2.45, 2.75) is 25.8 Å². The number of likely N-dealkylation sites (tertiary alicyclic amines) is 1. The van der Waals surface area contributed by atoms with Crippen LogP contribution in [-0.2, 0) is 9.59 Å². The Morgan fingerprint density at radius 1 is 1.24 bits per heavy atom. The Morgan fingerprint density at radius 3 is 2.72 bits per heavy atom. The van der Waals surface area contributed by atoms with Crippen molar-refractivity contribution in [2.24, 2.45) is 5.92 Å². The second-order valence-corrected chi connectivity index (χ2v) is 6.27. The van der Waals surface area contributed by atoms with Crippen molar-refractivity contribution >= 4 is 17.6 Å². The minimum Gasteiger partial charge on any atom is -0.338 e. The molecule has 25 heavy (non-hydrogen) atoms. The molecule has 5 nitrogen and oxygen atoms in total. The maximum atomic E-state index is 14.3. The molecule has 1 fully saturated rings. The number of nitrogens with one attached hydrogen (secondary N) is 1. The molecule has 0 aliphatic carbocycles. The van der Waals surface area contributed by atoms with Crippen molar-refractivity contribution in [1.82, 2.24) is 9.88 Å². The lowest BCUT2D eigenvalue weighted by atomic mass is 9.83. The van der Waals surface area contributed by atoms with Gasteiger partial charge in [-0.25, -0.2) is 9.37 Å². The minimum absolute atomic E-state index is 0.0917. The first-order valence-corrected chi connectivity index (χ1v) is 8.22. The van der Waals surface area contributed by atoms with Gasteiger partial charge < -0.3 is 10.2 Å². The molecule has 1 aromatic carbocycles. The molecule has 0 saturated carbocycles. The molecule has 0 unspecified atom stereocenters. The van der Waals surface area contributed by atoms with Crippen LogP contribution in [0.25, 0.3) is 0 Å². The first-order valence-electron chi connectivity index (χ1n) is 8.22. The van der Waals surface area contributed by atoms with Gasteiger partial charge >= 0.3 is 0 Å². The fraction of sp³-hybridized carbons (Fsp3) is 0.316. The number of benzene rings is 1. The smallest absolute Gasteiger partial charge is 0.231 e. The van der Waals surface area contributed by atoms with Gasteiger partial charge in [0.05, 0.1) is 12.0 Å². The summed E-state index contributed by atoms with van der Waals surface area (Å²) >= 11 is 0. The van der Waals surface area contributed by atoms with Crippen molar-refractivity contribution in [1.29, 1.82) is 0 Å². The zero-order valence-corrected chi connectivity index (χ0v) is 14.2. The van der Waals surface area contributed by atoms with Gasteiger partial charge in [0.25, 0.3) is 0 Å². The molecule has 3 rings (SSSR count). The third-order valence-corrected chi connectivity index (χ3v) is 4.56. The minimum atomic E-state index is -0.632. The number of anilines is 1. The zero-order valence-electron chi connectivity index (χ0n) is 14.2. The zero-order chi connectivity index (χ0) is 18.0. The fourth-order valence-corrected chi connectivity index (χ4v) is 3.28. The summed E-state index contributed by atoms with van der Waals surface area (Å²) < 4.78 is 14.3. The normalized spacial score (nSPS) is 20.4. The molecule has 0 radical (unpaired) electrons. The van der Waals surface area contributed by atoms with Gasteiger partial charge in [0.15, 0.2) is 0 Å². The molecule has 2 aromatic rings. The summed E-state index contributed by atoms with van der Waals surface area (Å²) in [6.07, 6.45) is 0.639. The number of aryl methyl sites for hydroxylation is 1. The SMILES string of the molecule is Cc1cccc(NC(=O)[C@H]2CCC(=O)N(C)[C@H]2c2ccccc2F)n1. The predicted molar refractivity (Wildman–Crippen MR) is 92.2 cm³/mol. The Kier molecular flexibility index (Phi) is 4.79. The van der Waals surface area contributed by atoms with Crippen LogP contribution in [0, 0.1) is 18.7 Å². The van der Waals surface area contributed by atoms with Crippen LogP contribution in [0.1, 0.15) is 30.1 Å². The molecule has 1 aromatic heterocycles. The summed E-state index contributed by atoms with van der Waals surface area (Å²) in [6.45, 7) is 1.84. The first kappa shape index (κ1) is 17.1. The molecule has 0 bridgehead atoms. The van der Waals surface area contributed by atoms with Gasteiger partial charge in [-0.05, 0) is 31.5 Å². The Morgan fingerprint density at radius 2 is 2.00 bits per heavy atom. The maximum absolute atomic E-state index is 14.3. The van der Waals surface area contributed by atoms with Crippen LogP contribution in [0.2, 0.25) is 0 Å². The van der Waals surface area contributed by atoms with E-state index in [2.05, 4.69) is 10.3 Å². The molecule has 1 N–H and O–H groups in total. The summed E-state index contributed by atoms with van der Waals surface area (Å²) in [6, 6.07) is 11.0. The average Bonchev–Trinajstić information content (AvgIpc) is 2.58.